The van der Waals surface area contributed by atoms with Crippen molar-refractivity contribution in [3.05, 3.63) is 29.8 Å². The Morgan fingerprint density at radius 3 is 2.39 bits per heavy atom. The summed E-state index contributed by atoms with van der Waals surface area (Å²) < 4.78 is 16.9. The Hall–Kier alpha value is -1.59. The van der Waals surface area contributed by atoms with Crippen LogP contribution in [0.4, 0.5) is 0 Å². The minimum Gasteiger partial charge on any atom is -0.496 e. The summed E-state index contributed by atoms with van der Waals surface area (Å²) in [5.41, 5.74) is 0.287. The van der Waals surface area contributed by atoms with Crippen molar-refractivity contribution in [3.8, 4) is 5.75 Å². The van der Waals surface area contributed by atoms with Crippen molar-refractivity contribution in [3.63, 3.8) is 0 Å². The van der Waals surface area contributed by atoms with Crippen molar-refractivity contribution < 1.29 is 19.0 Å². The molecule has 1 aromatic rings. The number of carbonyl (C=O) groups excluding carboxylic acids is 1. The van der Waals surface area contributed by atoms with Crippen molar-refractivity contribution >= 4 is 5.91 Å². The molecule has 126 valence electrons. The van der Waals surface area contributed by atoms with Gasteiger partial charge in [0.05, 0.1) is 25.7 Å². The third-order valence-corrected chi connectivity index (χ3v) is 4.94. The fourth-order valence-electron chi connectivity index (χ4n) is 3.51. The second-order valence-electron chi connectivity index (χ2n) is 6.73. The lowest BCUT2D eigenvalue weighted by Crippen LogP contribution is -2.51. The summed E-state index contributed by atoms with van der Waals surface area (Å²) in [6, 6.07) is 7.72. The van der Waals surface area contributed by atoms with Crippen molar-refractivity contribution in [1.29, 1.82) is 0 Å². The number of rotatable bonds is 3. The fourth-order valence-corrected chi connectivity index (χ4v) is 3.51. The fraction of sp³-hybridized carbons (Fsp3) is 0.611. The van der Waals surface area contributed by atoms with Gasteiger partial charge < -0.3 is 19.1 Å². The van der Waals surface area contributed by atoms with Crippen LogP contribution in [0.2, 0.25) is 0 Å². The van der Waals surface area contributed by atoms with Crippen molar-refractivity contribution in [2.75, 3.05) is 33.4 Å². The van der Waals surface area contributed by atoms with Gasteiger partial charge in [-0.2, -0.15) is 0 Å². The van der Waals surface area contributed by atoms with Crippen LogP contribution >= 0.6 is 0 Å². The molecule has 2 aliphatic rings. The first-order valence-corrected chi connectivity index (χ1v) is 8.19. The highest BCUT2D eigenvalue weighted by Crippen LogP contribution is 2.36. The van der Waals surface area contributed by atoms with Crippen LogP contribution in [0.5, 0.6) is 5.75 Å². The molecule has 2 saturated heterocycles. The van der Waals surface area contributed by atoms with E-state index in [1.165, 1.54) is 0 Å². The monoisotopic (exact) mass is 319 g/mol. The molecular formula is C18H25NO4. The van der Waals surface area contributed by atoms with Crippen LogP contribution in [-0.4, -0.2) is 50.0 Å². The largest absolute Gasteiger partial charge is 0.496 e. The number of hydrogen-bond acceptors (Lipinski definition) is 4. The molecule has 1 amide bonds. The number of methoxy groups -OCH3 is 1. The average Bonchev–Trinajstić information content (AvgIpc) is 3.03. The van der Waals surface area contributed by atoms with E-state index in [1.54, 1.807) is 7.11 Å². The van der Waals surface area contributed by atoms with Gasteiger partial charge in [0.2, 0.25) is 5.91 Å². The molecular weight excluding hydrogens is 294 g/mol. The number of amides is 1. The minimum absolute atomic E-state index is 0.120. The van der Waals surface area contributed by atoms with E-state index in [1.807, 2.05) is 43.0 Å². The molecule has 2 fully saturated rings. The van der Waals surface area contributed by atoms with Gasteiger partial charge in [-0.3, -0.25) is 4.79 Å². The van der Waals surface area contributed by atoms with Crippen LogP contribution < -0.4 is 4.74 Å². The predicted molar refractivity (Wildman–Crippen MR) is 86.5 cm³/mol. The molecule has 0 unspecified atom stereocenters. The van der Waals surface area contributed by atoms with E-state index in [9.17, 15) is 4.79 Å². The number of benzene rings is 1. The first kappa shape index (κ1) is 16.3. The number of nitrogens with zero attached hydrogens (tertiary/aromatic N) is 1. The first-order valence-electron chi connectivity index (χ1n) is 8.19. The summed E-state index contributed by atoms with van der Waals surface area (Å²) in [6.07, 6.45) is 1.47. The summed E-state index contributed by atoms with van der Waals surface area (Å²) >= 11 is 0. The molecule has 0 aromatic heterocycles. The van der Waals surface area contributed by atoms with Crippen molar-refractivity contribution in [2.24, 2.45) is 0 Å². The summed E-state index contributed by atoms with van der Waals surface area (Å²) in [5, 5.41) is 0. The number of carbonyl (C=O) groups is 1. The van der Waals surface area contributed by atoms with Crippen molar-refractivity contribution in [1.82, 2.24) is 4.90 Å². The van der Waals surface area contributed by atoms with Crippen molar-refractivity contribution in [2.45, 2.75) is 37.9 Å². The molecule has 0 bridgehead atoms. The Balaban J connectivity index is 1.74. The van der Waals surface area contributed by atoms with Crippen LogP contribution in [0.1, 0.15) is 32.3 Å². The number of ether oxygens (including phenoxy) is 3. The SMILES string of the molecule is COc1ccccc1C(C)(C)C(=O)N1CCC2(CC1)OCCO2. The van der Waals surface area contributed by atoms with E-state index >= 15 is 0 Å². The molecule has 0 N–H and O–H groups in total. The molecule has 2 aliphatic heterocycles. The lowest BCUT2D eigenvalue weighted by molar-refractivity contribution is -0.188. The van der Waals surface area contributed by atoms with E-state index in [0.717, 1.165) is 24.2 Å². The van der Waals surface area contributed by atoms with E-state index in [-0.39, 0.29) is 5.91 Å². The molecule has 5 nitrogen and oxygen atoms in total. The Morgan fingerprint density at radius 1 is 1.17 bits per heavy atom. The zero-order valence-electron chi connectivity index (χ0n) is 14.1. The first-order chi connectivity index (χ1) is 11.0. The summed E-state index contributed by atoms with van der Waals surface area (Å²) in [6.45, 7) is 6.55. The maximum absolute atomic E-state index is 13.1. The van der Waals surface area contributed by atoms with Gasteiger partial charge in [-0.25, -0.2) is 0 Å². The van der Waals surface area contributed by atoms with E-state index < -0.39 is 11.2 Å². The summed E-state index contributed by atoms with van der Waals surface area (Å²) in [4.78, 5) is 15.0. The summed E-state index contributed by atoms with van der Waals surface area (Å²) in [7, 11) is 1.64. The van der Waals surface area contributed by atoms with Crippen LogP contribution in [0.25, 0.3) is 0 Å². The van der Waals surface area contributed by atoms with Gasteiger partial charge >= 0.3 is 0 Å². The highest BCUT2D eigenvalue weighted by Gasteiger charge is 2.43. The molecule has 1 spiro atoms. The van der Waals surface area contributed by atoms with Gasteiger partial charge in [0.25, 0.3) is 0 Å². The summed E-state index contributed by atoms with van der Waals surface area (Å²) in [5.74, 6) is 0.419. The molecule has 2 heterocycles. The van der Waals surface area contributed by atoms with Gasteiger partial charge in [-0.05, 0) is 19.9 Å². The normalized spacial score (nSPS) is 20.7. The highest BCUT2D eigenvalue weighted by molar-refractivity contribution is 5.88. The number of likely N-dealkylation sites (tertiary alicyclic amines) is 1. The number of hydrogen-bond donors (Lipinski definition) is 0. The van der Waals surface area contributed by atoms with Crippen LogP contribution in [0.15, 0.2) is 24.3 Å². The molecule has 5 heteroatoms. The molecule has 23 heavy (non-hydrogen) atoms. The second kappa shape index (κ2) is 6.13. The molecule has 1 aromatic carbocycles. The quantitative estimate of drug-likeness (QED) is 0.858. The average molecular weight is 319 g/mol. The van der Waals surface area contributed by atoms with Gasteiger partial charge in [0.15, 0.2) is 5.79 Å². The van der Waals surface area contributed by atoms with Crippen LogP contribution in [0, 0.1) is 0 Å². The Labute approximate surface area is 137 Å². The predicted octanol–water partition coefficient (Wildman–Crippen LogP) is 2.34. The van der Waals surface area contributed by atoms with Gasteiger partial charge in [0, 0.05) is 31.5 Å². The van der Waals surface area contributed by atoms with Crippen LogP contribution in [0.3, 0.4) is 0 Å². The maximum Gasteiger partial charge on any atom is 0.232 e. The molecule has 0 aliphatic carbocycles. The van der Waals surface area contributed by atoms with Gasteiger partial charge in [-0.15, -0.1) is 0 Å². The van der Waals surface area contributed by atoms with Gasteiger partial charge in [-0.1, -0.05) is 18.2 Å². The minimum atomic E-state index is -0.630. The molecule has 0 saturated carbocycles. The maximum atomic E-state index is 13.1. The Morgan fingerprint density at radius 2 is 1.78 bits per heavy atom. The zero-order chi connectivity index (χ0) is 16.5. The lowest BCUT2D eigenvalue weighted by Gasteiger charge is -2.40. The lowest BCUT2D eigenvalue weighted by atomic mass is 9.82. The Kier molecular flexibility index (Phi) is 4.34. The third-order valence-electron chi connectivity index (χ3n) is 4.94. The van der Waals surface area contributed by atoms with E-state index in [4.69, 9.17) is 14.2 Å². The van der Waals surface area contributed by atoms with Crippen LogP contribution in [-0.2, 0) is 19.7 Å². The standard InChI is InChI=1S/C18H25NO4/c1-17(2,14-6-4-5-7-15(14)21-3)16(20)19-10-8-18(9-11-19)22-12-13-23-18/h4-7H,8-13H2,1-3H3. The van der Waals surface area contributed by atoms with E-state index in [0.29, 0.717) is 26.3 Å². The molecule has 0 radical (unpaired) electrons. The number of para-hydroxylation sites is 1. The van der Waals surface area contributed by atoms with E-state index in [2.05, 4.69) is 0 Å². The molecule has 0 atom stereocenters. The Bertz CT molecular complexity index is 568. The number of piperidine rings is 1. The topological polar surface area (TPSA) is 48.0 Å². The second-order valence-corrected chi connectivity index (χ2v) is 6.73. The van der Waals surface area contributed by atoms with Gasteiger partial charge in [0.1, 0.15) is 5.75 Å². The smallest absolute Gasteiger partial charge is 0.232 e. The highest BCUT2D eigenvalue weighted by atomic mass is 16.7. The third kappa shape index (κ3) is 2.95. The zero-order valence-corrected chi connectivity index (χ0v) is 14.1. The molecule has 3 rings (SSSR count).